The Morgan fingerprint density at radius 1 is 1.24 bits per heavy atom. The molecule has 4 rings (SSSR count). The first-order valence-corrected chi connectivity index (χ1v) is 8.97. The smallest absolute Gasteiger partial charge is 0.407 e. The molecule has 2 saturated heterocycles. The third-order valence-corrected chi connectivity index (χ3v) is 5.59. The number of rotatable bonds is 4. The number of carbonyl (C=O) groups is 2. The molecule has 1 aromatic carbocycles. The standard InChI is InChI=1S/C19H24N2O4/c22-17(15-10-24-11-15)21-12-19(13-21)7-6-16(8-19)20-18(23)25-9-14-4-2-1-3-5-14/h1-5,15-16H,6-13H2,(H,20,23)/t16-/m1/s1. The van der Waals surface area contributed by atoms with Crippen molar-refractivity contribution >= 4 is 12.0 Å². The predicted molar refractivity (Wildman–Crippen MR) is 90.7 cm³/mol. The summed E-state index contributed by atoms with van der Waals surface area (Å²) in [6, 6.07) is 9.81. The molecule has 6 nitrogen and oxygen atoms in total. The molecule has 2 heterocycles. The Morgan fingerprint density at radius 2 is 2.00 bits per heavy atom. The molecule has 0 bridgehead atoms. The van der Waals surface area contributed by atoms with E-state index in [1.165, 1.54) is 0 Å². The van der Waals surface area contributed by atoms with Crippen LogP contribution in [0.25, 0.3) is 0 Å². The van der Waals surface area contributed by atoms with Crippen molar-refractivity contribution in [3.63, 3.8) is 0 Å². The van der Waals surface area contributed by atoms with Crippen LogP contribution in [0.2, 0.25) is 0 Å². The normalized spacial score (nSPS) is 24.5. The summed E-state index contributed by atoms with van der Waals surface area (Å²) in [6.45, 7) is 3.06. The molecular weight excluding hydrogens is 320 g/mol. The molecule has 2 amide bonds. The zero-order valence-electron chi connectivity index (χ0n) is 14.3. The van der Waals surface area contributed by atoms with E-state index >= 15 is 0 Å². The van der Waals surface area contributed by atoms with Gasteiger partial charge in [-0.15, -0.1) is 0 Å². The van der Waals surface area contributed by atoms with Gasteiger partial charge in [0.1, 0.15) is 6.61 Å². The van der Waals surface area contributed by atoms with E-state index < -0.39 is 0 Å². The lowest BCUT2D eigenvalue weighted by molar-refractivity contribution is -0.161. The fourth-order valence-corrected chi connectivity index (χ4v) is 4.10. The van der Waals surface area contributed by atoms with Crippen LogP contribution in [0.15, 0.2) is 30.3 Å². The van der Waals surface area contributed by atoms with Gasteiger partial charge in [-0.25, -0.2) is 4.79 Å². The monoisotopic (exact) mass is 344 g/mol. The van der Waals surface area contributed by atoms with Crippen LogP contribution >= 0.6 is 0 Å². The van der Waals surface area contributed by atoms with Crippen molar-refractivity contribution in [3.05, 3.63) is 35.9 Å². The van der Waals surface area contributed by atoms with Crippen LogP contribution in [0.3, 0.4) is 0 Å². The fourth-order valence-electron chi connectivity index (χ4n) is 4.10. The summed E-state index contributed by atoms with van der Waals surface area (Å²) in [5.74, 6) is 0.302. The molecule has 134 valence electrons. The van der Waals surface area contributed by atoms with Crippen LogP contribution in [-0.4, -0.2) is 49.2 Å². The Labute approximate surface area is 147 Å². The van der Waals surface area contributed by atoms with Crippen LogP contribution < -0.4 is 5.32 Å². The quantitative estimate of drug-likeness (QED) is 0.906. The molecular formula is C19H24N2O4. The number of carbonyl (C=O) groups excluding carboxylic acids is 2. The van der Waals surface area contributed by atoms with E-state index in [1.807, 2.05) is 35.2 Å². The largest absolute Gasteiger partial charge is 0.445 e. The number of hydrogen-bond acceptors (Lipinski definition) is 4. The van der Waals surface area contributed by atoms with Crippen molar-refractivity contribution in [2.75, 3.05) is 26.3 Å². The SMILES string of the molecule is O=C(N[C@@H]1CCC2(C1)CN(C(=O)C1COC1)C2)OCc1ccccc1. The number of amides is 2. The van der Waals surface area contributed by atoms with Gasteiger partial charge in [0.25, 0.3) is 0 Å². The molecule has 25 heavy (non-hydrogen) atoms. The Balaban J connectivity index is 1.19. The van der Waals surface area contributed by atoms with E-state index in [4.69, 9.17) is 9.47 Å². The summed E-state index contributed by atoms with van der Waals surface area (Å²) in [5, 5.41) is 2.98. The maximum atomic E-state index is 12.2. The van der Waals surface area contributed by atoms with Crippen molar-refractivity contribution in [1.82, 2.24) is 10.2 Å². The summed E-state index contributed by atoms with van der Waals surface area (Å²) >= 11 is 0. The van der Waals surface area contributed by atoms with Gasteiger partial charge in [-0.05, 0) is 24.8 Å². The first kappa shape index (κ1) is 16.4. The molecule has 3 fully saturated rings. The Morgan fingerprint density at radius 3 is 2.68 bits per heavy atom. The molecule has 2 aliphatic heterocycles. The van der Waals surface area contributed by atoms with Crippen LogP contribution in [0.4, 0.5) is 4.79 Å². The molecule has 1 aromatic rings. The van der Waals surface area contributed by atoms with E-state index in [2.05, 4.69) is 5.32 Å². The van der Waals surface area contributed by atoms with Crippen molar-refractivity contribution < 1.29 is 19.1 Å². The van der Waals surface area contributed by atoms with E-state index in [0.717, 1.165) is 37.9 Å². The topological polar surface area (TPSA) is 67.9 Å². The van der Waals surface area contributed by atoms with Gasteiger partial charge in [-0.1, -0.05) is 30.3 Å². The first-order valence-electron chi connectivity index (χ1n) is 8.97. The van der Waals surface area contributed by atoms with Crippen LogP contribution in [0.5, 0.6) is 0 Å². The van der Waals surface area contributed by atoms with E-state index in [-0.39, 0.29) is 36.0 Å². The van der Waals surface area contributed by atoms with Crippen molar-refractivity contribution in [2.45, 2.75) is 31.9 Å². The Bertz CT molecular complexity index is 638. The molecule has 1 atom stereocenters. The van der Waals surface area contributed by atoms with Gasteiger partial charge in [0.2, 0.25) is 5.91 Å². The molecule has 1 aliphatic carbocycles. The average molecular weight is 344 g/mol. The summed E-state index contributed by atoms with van der Waals surface area (Å²) < 4.78 is 10.4. The van der Waals surface area contributed by atoms with E-state index in [9.17, 15) is 9.59 Å². The second kappa shape index (κ2) is 6.67. The minimum absolute atomic E-state index is 0.0700. The minimum atomic E-state index is -0.357. The lowest BCUT2D eigenvalue weighted by Crippen LogP contribution is -2.60. The first-order chi connectivity index (χ1) is 12.1. The van der Waals surface area contributed by atoms with Gasteiger partial charge >= 0.3 is 6.09 Å². The van der Waals surface area contributed by atoms with Crippen molar-refractivity contribution in [3.8, 4) is 0 Å². The van der Waals surface area contributed by atoms with E-state index in [1.54, 1.807) is 0 Å². The number of ether oxygens (including phenoxy) is 2. The minimum Gasteiger partial charge on any atom is -0.445 e. The molecule has 1 spiro atoms. The number of nitrogens with one attached hydrogen (secondary N) is 1. The Kier molecular flexibility index (Phi) is 4.37. The molecule has 0 radical (unpaired) electrons. The van der Waals surface area contributed by atoms with Crippen molar-refractivity contribution in [2.24, 2.45) is 11.3 Å². The highest BCUT2D eigenvalue weighted by Gasteiger charge is 2.51. The van der Waals surface area contributed by atoms with Gasteiger partial charge in [-0.2, -0.15) is 0 Å². The maximum absolute atomic E-state index is 12.2. The lowest BCUT2D eigenvalue weighted by atomic mass is 9.77. The molecule has 3 aliphatic rings. The third-order valence-electron chi connectivity index (χ3n) is 5.59. The lowest BCUT2D eigenvalue weighted by Gasteiger charge is -2.50. The zero-order valence-corrected chi connectivity index (χ0v) is 14.3. The number of alkyl carbamates (subject to hydrolysis) is 1. The zero-order chi connectivity index (χ0) is 17.3. The van der Waals surface area contributed by atoms with Crippen LogP contribution in [-0.2, 0) is 20.9 Å². The number of hydrogen-bond donors (Lipinski definition) is 1. The van der Waals surface area contributed by atoms with Gasteiger partial charge in [0.05, 0.1) is 19.1 Å². The maximum Gasteiger partial charge on any atom is 0.407 e. The Hall–Kier alpha value is -2.08. The van der Waals surface area contributed by atoms with Crippen LogP contribution in [0.1, 0.15) is 24.8 Å². The molecule has 1 N–H and O–H groups in total. The van der Waals surface area contributed by atoms with Gasteiger partial charge < -0.3 is 19.7 Å². The molecule has 0 aromatic heterocycles. The predicted octanol–water partition coefficient (Wildman–Crippen LogP) is 1.94. The average Bonchev–Trinajstić information content (AvgIpc) is 2.95. The number of benzene rings is 1. The highest BCUT2D eigenvalue weighted by atomic mass is 16.5. The number of nitrogens with zero attached hydrogens (tertiary/aromatic N) is 1. The fraction of sp³-hybridized carbons (Fsp3) is 0.579. The van der Waals surface area contributed by atoms with Crippen LogP contribution in [0, 0.1) is 11.3 Å². The van der Waals surface area contributed by atoms with E-state index in [0.29, 0.717) is 13.2 Å². The van der Waals surface area contributed by atoms with Gasteiger partial charge in [0.15, 0.2) is 0 Å². The summed E-state index contributed by atoms with van der Waals surface area (Å²) in [7, 11) is 0. The summed E-state index contributed by atoms with van der Waals surface area (Å²) in [5.41, 5.74) is 1.17. The third kappa shape index (κ3) is 3.49. The second-order valence-corrected chi connectivity index (χ2v) is 7.57. The number of likely N-dealkylation sites (tertiary alicyclic amines) is 1. The van der Waals surface area contributed by atoms with Gasteiger partial charge in [-0.3, -0.25) is 4.79 Å². The highest BCUT2D eigenvalue weighted by Crippen LogP contribution is 2.46. The molecule has 6 heteroatoms. The highest BCUT2D eigenvalue weighted by molar-refractivity contribution is 5.80. The molecule has 0 unspecified atom stereocenters. The van der Waals surface area contributed by atoms with Gasteiger partial charge in [0, 0.05) is 24.5 Å². The summed E-state index contributed by atoms with van der Waals surface area (Å²) in [4.78, 5) is 26.1. The molecule has 1 saturated carbocycles. The second-order valence-electron chi connectivity index (χ2n) is 7.57. The van der Waals surface area contributed by atoms with Crippen molar-refractivity contribution in [1.29, 1.82) is 0 Å². The summed E-state index contributed by atoms with van der Waals surface area (Å²) in [6.07, 6.45) is 2.58.